The van der Waals surface area contributed by atoms with E-state index in [-0.39, 0.29) is 16.5 Å². The van der Waals surface area contributed by atoms with E-state index < -0.39 is 23.8 Å². The summed E-state index contributed by atoms with van der Waals surface area (Å²) < 4.78 is 10.5. The van der Waals surface area contributed by atoms with Crippen molar-refractivity contribution in [3.05, 3.63) is 81.5 Å². The van der Waals surface area contributed by atoms with Crippen molar-refractivity contribution in [2.24, 2.45) is 11.0 Å². The number of benzene rings is 2. The largest absolute Gasteiger partial charge is 0.465 e. The molecule has 0 saturated carbocycles. The summed E-state index contributed by atoms with van der Waals surface area (Å²) >= 11 is 12.0. The van der Waals surface area contributed by atoms with Gasteiger partial charge in [-0.05, 0) is 48.4 Å². The Labute approximate surface area is 212 Å². The third-order valence-corrected chi connectivity index (χ3v) is 5.52. The second-order valence-corrected chi connectivity index (χ2v) is 8.67. The van der Waals surface area contributed by atoms with E-state index in [0.717, 1.165) is 0 Å². The molecule has 2 aromatic carbocycles. The summed E-state index contributed by atoms with van der Waals surface area (Å²) in [6, 6.07) is 13.8. The van der Waals surface area contributed by atoms with E-state index in [0.29, 0.717) is 27.7 Å². The van der Waals surface area contributed by atoms with Crippen LogP contribution in [0.3, 0.4) is 0 Å². The topological polar surface area (TPSA) is 110 Å². The normalized spacial score (nSPS) is 11.9. The molecule has 3 aromatic rings. The zero-order valence-corrected chi connectivity index (χ0v) is 20.7. The highest BCUT2D eigenvalue weighted by Crippen LogP contribution is 2.23. The van der Waals surface area contributed by atoms with Gasteiger partial charge in [-0.2, -0.15) is 5.10 Å². The summed E-state index contributed by atoms with van der Waals surface area (Å²) in [5.41, 5.74) is 3.69. The molecular formula is C25H23Cl2N3O5. The molecular weight excluding hydrogens is 493 g/mol. The highest BCUT2D eigenvalue weighted by molar-refractivity contribution is 6.36. The predicted molar refractivity (Wildman–Crippen MR) is 134 cm³/mol. The van der Waals surface area contributed by atoms with Gasteiger partial charge in [0.2, 0.25) is 0 Å². The Morgan fingerprint density at radius 3 is 2.51 bits per heavy atom. The van der Waals surface area contributed by atoms with Crippen LogP contribution in [0.4, 0.5) is 0 Å². The van der Waals surface area contributed by atoms with Gasteiger partial charge in [0.05, 0.1) is 29.5 Å². The van der Waals surface area contributed by atoms with Crippen LogP contribution in [0.25, 0.3) is 11.3 Å². The smallest absolute Gasteiger partial charge is 0.337 e. The maximum atomic E-state index is 12.7. The number of carbonyl (C=O) groups excluding carboxylic acids is 3. The molecule has 8 nitrogen and oxygen atoms in total. The maximum Gasteiger partial charge on any atom is 0.337 e. The number of carbonyl (C=O) groups is 3. The minimum absolute atomic E-state index is 0.182. The van der Waals surface area contributed by atoms with Crippen molar-refractivity contribution in [1.82, 2.24) is 10.7 Å². The zero-order valence-electron chi connectivity index (χ0n) is 19.2. The molecule has 2 amide bonds. The molecule has 1 aromatic heterocycles. The SMILES string of the molecule is COC(=O)c1cccc(-c2ccc(C=NNC(=O)C(NC(=O)c3ccc(Cl)cc3Cl)C(C)C)o2)c1. The first-order chi connectivity index (χ1) is 16.7. The van der Waals surface area contributed by atoms with Crippen molar-refractivity contribution >= 4 is 47.2 Å². The Morgan fingerprint density at radius 2 is 1.83 bits per heavy atom. The lowest BCUT2D eigenvalue weighted by molar-refractivity contribution is -0.123. The molecule has 0 spiro atoms. The van der Waals surface area contributed by atoms with Gasteiger partial charge in [-0.1, -0.05) is 49.2 Å². The van der Waals surface area contributed by atoms with E-state index >= 15 is 0 Å². The van der Waals surface area contributed by atoms with Crippen LogP contribution in [-0.4, -0.2) is 37.1 Å². The van der Waals surface area contributed by atoms with Crippen LogP contribution in [0, 0.1) is 5.92 Å². The van der Waals surface area contributed by atoms with Gasteiger partial charge in [-0.3, -0.25) is 9.59 Å². The van der Waals surface area contributed by atoms with E-state index in [1.807, 2.05) is 0 Å². The van der Waals surface area contributed by atoms with Crippen LogP contribution in [0.2, 0.25) is 10.0 Å². The number of esters is 1. The Bertz CT molecular complexity index is 1270. The van der Waals surface area contributed by atoms with Crippen molar-refractivity contribution in [2.75, 3.05) is 7.11 Å². The zero-order chi connectivity index (χ0) is 25.5. The lowest BCUT2D eigenvalue weighted by atomic mass is 10.0. The first kappa shape index (κ1) is 26.0. The molecule has 0 aliphatic carbocycles. The standard InChI is InChI=1S/C25H23Cl2N3O5/c1-14(2)22(29-23(31)19-9-7-17(26)12-20(19)27)24(32)30-28-13-18-8-10-21(35-18)15-5-4-6-16(11-15)25(33)34-3/h4-14,22H,1-3H3,(H,29,31)(H,30,32). The number of hydrazone groups is 1. The number of hydrogen-bond acceptors (Lipinski definition) is 6. The molecule has 2 N–H and O–H groups in total. The van der Waals surface area contributed by atoms with Gasteiger partial charge < -0.3 is 14.5 Å². The fraction of sp³-hybridized carbons (Fsp3) is 0.200. The summed E-state index contributed by atoms with van der Waals surface area (Å²) in [6.45, 7) is 3.58. The Balaban J connectivity index is 1.65. The number of methoxy groups -OCH3 is 1. The van der Waals surface area contributed by atoms with Crippen LogP contribution in [0.1, 0.15) is 40.3 Å². The Morgan fingerprint density at radius 1 is 1.06 bits per heavy atom. The molecule has 0 saturated heterocycles. The van der Waals surface area contributed by atoms with Crippen LogP contribution in [0.5, 0.6) is 0 Å². The number of furan rings is 1. The summed E-state index contributed by atoms with van der Waals surface area (Å²) in [7, 11) is 1.31. The molecule has 3 rings (SSSR count). The second-order valence-electron chi connectivity index (χ2n) is 7.83. The lowest BCUT2D eigenvalue weighted by Crippen LogP contribution is -2.48. The van der Waals surface area contributed by atoms with Gasteiger partial charge in [0.15, 0.2) is 0 Å². The third kappa shape index (κ3) is 6.71. The predicted octanol–water partition coefficient (Wildman–Crippen LogP) is 4.94. The van der Waals surface area contributed by atoms with Gasteiger partial charge in [0.1, 0.15) is 17.6 Å². The summed E-state index contributed by atoms with van der Waals surface area (Å²) in [5.74, 6) is -0.801. The first-order valence-electron chi connectivity index (χ1n) is 10.6. The number of nitrogens with zero attached hydrogens (tertiary/aromatic N) is 1. The van der Waals surface area contributed by atoms with E-state index in [2.05, 4.69) is 15.8 Å². The highest BCUT2D eigenvalue weighted by atomic mass is 35.5. The third-order valence-electron chi connectivity index (χ3n) is 4.97. The fourth-order valence-corrected chi connectivity index (χ4v) is 3.65. The van der Waals surface area contributed by atoms with E-state index in [1.54, 1.807) is 56.3 Å². The summed E-state index contributed by atoms with van der Waals surface area (Å²) in [5, 5.41) is 7.19. The molecule has 35 heavy (non-hydrogen) atoms. The van der Waals surface area contributed by atoms with Crippen LogP contribution in [0.15, 0.2) is 64.1 Å². The number of nitrogens with one attached hydrogen (secondary N) is 2. The van der Waals surface area contributed by atoms with Gasteiger partial charge >= 0.3 is 5.97 Å². The molecule has 0 radical (unpaired) electrons. The minimum atomic E-state index is -0.861. The summed E-state index contributed by atoms with van der Waals surface area (Å²) in [4.78, 5) is 37.0. The summed E-state index contributed by atoms with van der Waals surface area (Å²) in [6.07, 6.45) is 1.33. The molecule has 0 fully saturated rings. The molecule has 10 heteroatoms. The van der Waals surface area contributed by atoms with Crippen LogP contribution >= 0.6 is 23.2 Å². The average molecular weight is 516 g/mol. The molecule has 1 unspecified atom stereocenters. The fourth-order valence-electron chi connectivity index (χ4n) is 3.15. The first-order valence-corrected chi connectivity index (χ1v) is 11.3. The Hall–Kier alpha value is -3.62. The van der Waals surface area contributed by atoms with Gasteiger partial charge in [0.25, 0.3) is 11.8 Å². The maximum absolute atomic E-state index is 12.7. The van der Waals surface area contributed by atoms with Crippen molar-refractivity contribution in [3.63, 3.8) is 0 Å². The monoisotopic (exact) mass is 515 g/mol. The molecule has 0 bridgehead atoms. The lowest BCUT2D eigenvalue weighted by Gasteiger charge is -2.20. The molecule has 0 aliphatic rings. The number of ether oxygens (including phenoxy) is 1. The van der Waals surface area contributed by atoms with E-state index in [1.165, 1.54) is 25.5 Å². The van der Waals surface area contributed by atoms with Gasteiger partial charge in [-0.25, -0.2) is 10.2 Å². The van der Waals surface area contributed by atoms with Crippen LogP contribution < -0.4 is 10.7 Å². The van der Waals surface area contributed by atoms with Crippen LogP contribution in [-0.2, 0) is 9.53 Å². The van der Waals surface area contributed by atoms with Crippen molar-refractivity contribution in [2.45, 2.75) is 19.9 Å². The average Bonchev–Trinajstić information content (AvgIpc) is 3.30. The van der Waals surface area contributed by atoms with Gasteiger partial charge in [-0.15, -0.1) is 0 Å². The van der Waals surface area contributed by atoms with Gasteiger partial charge in [0, 0.05) is 10.6 Å². The van der Waals surface area contributed by atoms with Crippen molar-refractivity contribution < 1.29 is 23.5 Å². The number of halogens is 2. The van der Waals surface area contributed by atoms with E-state index in [9.17, 15) is 14.4 Å². The van der Waals surface area contributed by atoms with Crippen molar-refractivity contribution in [3.8, 4) is 11.3 Å². The molecule has 0 aliphatic heterocycles. The number of amides is 2. The van der Waals surface area contributed by atoms with Crippen molar-refractivity contribution in [1.29, 1.82) is 0 Å². The Kier molecular flexibility index (Phi) is 8.68. The number of rotatable bonds is 8. The quantitative estimate of drug-likeness (QED) is 0.250. The molecule has 1 atom stereocenters. The molecule has 182 valence electrons. The minimum Gasteiger partial charge on any atom is -0.465 e. The second kappa shape index (κ2) is 11.7. The number of hydrogen-bond donors (Lipinski definition) is 2. The molecule has 1 heterocycles. The highest BCUT2D eigenvalue weighted by Gasteiger charge is 2.25. The van der Waals surface area contributed by atoms with E-state index in [4.69, 9.17) is 32.4 Å².